The summed E-state index contributed by atoms with van der Waals surface area (Å²) < 4.78 is 24.6. The van der Waals surface area contributed by atoms with Crippen LogP contribution in [0.4, 0.5) is 5.95 Å². The SMILES string of the molecule is O=C(NC1CCS(=O)(=O)CC1)c1cn2c(n1)NCCC2. The molecule has 20 heavy (non-hydrogen) atoms. The second-order valence-electron chi connectivity index (χ2n) is 5.32. The molecule has 0 unspecified atom stereocenters. The Labute approximate surface area is 117 Å². The van der Waals surface area contributed by atoms with Gasteiger partial charge in [0.15, 0.2) is 0 Å². The molecule has 2 N–H and O–H groups in total. The van der Waals surface area contributed by atoms with Gasteiger partial charge < -0.3 is 15.2 Å². The first kappa shape index (κ1) is 13.4. The minimum Gasteiger partial charge on any atom is -0.356 e. The molecule has 0 spiro atoms. The second-order valence-corrected chi connectivity index (χ2v) is 7.63. The zero-order valence-electron chi connectivity index (χ0n) is 11.1. The first-order valence-corrected chi connectivity index (χ1v) is 8.68. The number of carbonyl (C=O) groups is 1. The number of imidazole rings is 1. The predicted octanol–water partition coefficient (Wildman–Crippen LogP) is 0.00570. The Balaban J connectivity index is 1.63. The fraction of sp³-hybridized carbons (Fsp3) is 0.667. The third-order valence-electron chi connectivity index (χ3n) is 3.76. The van der Waals surface area contributed by atoms with Crippen LogP contribution in [0.1, 0.15) is 29.8 Å². The van der Waals surface area contributed by atoms with Gasteiger partial charge in [-0.05, 0) is 19.3 Å². The second kappa shape index (κ2) is 5.08. The van der Waals surface area contributed by atoms with Crippen molar-refractivity contribution in [3.8, 4) is 0 Å². The molecule has 8 heteroatoms. The summed E-state index contributed by atoms with van der Waals surface area (Å²) >= 11 is 0. The van der Waals surface area contributed by atoms with Crippen molar-refractivity contribution in [1.82, 2.24) is 14.9 Å². The van der Waals surface area contributed by atoms with Crippen molar-refractivity contribution in [3.05, 3.63) is 11.9 Å². The summed E-state index contributed by atoms with van der Waals surface area (Å²) in [5.74, 6) is 0.809. The lowest BCUT2D eigenvalue weighted by molar-refractivity contribution is 0.0929. The number of rotatable bonds is 2. The number of hydrogen-bond donors (Lipinski definition) is 2. The van der Waals surface area contributed by atoms with Gasteiger partial charge in [-0.1, -0.05) is 0 Å². The molecule has 110 valence electrons. The molecule has 7 nitrogen and oxygen atoms in total. The lowest BCUT2D eigenvalue weighted by Gasteiger charge is -2.22. The van der Waals surface area contributed by atoms with Gasteiger partial charge in [-0.2, -0.15) is 0 Å². The van der Waals surface area contributed by atoms with E-state index in [0.29, 0.717) is 18.5 Å². The number of carbonyl (C=O) groups excluding carboxylic acids is 1. The number of nitrogens with one attached hydrogen (secondary N) is 2. The number of nitrogens with zero attached hydrogens (tertiary/aromatic N) is 2. The topological polar surface area (TPSA) is 93.1 Å². The van der Waals surface area contributed by atoms with Crippen LogP contribution in [0.5, 0.6) is 0 Å². The Morgan fingerprint density at radius 1 is 1.40 bits per heavy atom. The van der Waals surface area contributed by atoms with Crippen LogP contribution in [0.15, 0.2) is 6.20 Å². The number of sulfone groups is 1. The highest BCUT2D eigenvalue weighted by Crippen LogP contribution is 2.16. The molecule has 1 amide bonds. The highest BCUT2D eigenvalue weighted by atomic mass is 32.2. The fourth-order valence-corrected chi connectivity index (χ4v) is 4.07. The standard InChI is InChI=1S/C12H18N4O3S/c17-11(14-9-2-6-20(18,19)7-3-9)10-8-16-5-1-4-13-12(16)15-10/h8-9H,1-7H2,(H,13,15)(H,14,17). The Morgan fingerprint density at radius 3 is 2.85 bits per heavy atom. The van der Waals surface area contributed by atoms with Crippen molar-refractivity contribution in [2.45, 2.75) is 31.8 Å². The van der Waals surface area contributed by atoms with Gasteiger partial charge in [0.25, 0.3) is 5.91 Å². The van der Waals surface area contributed by atoms with Gasteiger partial charge in [-0.25, -0.2) is 13.4 Å². The van der Waals surface area contributed by atoms with E-state index in [4.69, 9.17) is 0 Å². The molecule has 0 atom stereocenters. The van der Waals surface area contributed by atoms with Crippen LogP contribution in [-0.4, -0.2) is 48.0 Å². The highest BCUT2D eigenvalue weighted by molar-refractivity contribution is 7.91. The lowest BCUT2D eigenvalue weighted by atomic mass is 10.1. The lowest BCUT2D eigenvalue weighted by Crippen LogP contribution is -2.41. The van der Waals surface area contributed by atoms with Gasteiger partial charge >= 0.3 is 0 Å². The third-order valence-corrected chi connectivity index (χ3v) is 5.47. The molecule has 2 aliphatic rings. The van der Waals surface area contributed by atoms with E-state index in [1.165, 1.54) is 0 Å². The molecule has 1 fully saturated rings. The zero-order chi connectivity index (χ0) is 14.2. The minimum atomic E-state index is -2.90. The molecule has 1 saturated heterocycles. The van der Waals surface area contributed by atoms with Crippen molar-refractivity contribution in [2.75, 3.05) is 23.4 Å². The third kappa shape index (κ3) is 2.79. The van der Waals surface area contributed by atoms with E-state index < -0.39 is 9.84 Å². The van der Waals surface area contributed by atoms with Crippen LogP contribution in [0, 0.1) is 0 Å². The summed E-state index contributed by atoms with van der Waals surface area (Å²) in [6.07, 6.45) is 3.74. The molecule has 1 aromatic rings. The summed E-state index contributed by atoms with van der Waals surface area (Å²) in [6, 6.07) is -0.0716. The molecular formula is C12H18N4O3S. The predicted molar refractivity (Wildman–Crippen MR) is 74.5 cm³/mol. The summed E-state index contributed by atoms with van der Waals surface area (Å²) in [5.41, 5.74) is 0.392. The molecular weight excluding hydrogens is 280 g/mol. The summed E-state index contributed by atoms with van der Waals surface area (Å²) in [4.78, 5) is 16.4. The molecule has 0 radical (unpaired) electrons. The normalized spacial score (nSPS) is 21.8. The number of aryl methyl sites for hydroxylation is 1. The molecule has 3 heterocycles. The summed E-state index contributed by atoms with van der Waals surface area (Å²) in [7, 11) is -2.90. The van der Waals surface area contributed by atoms with Crippen LogP contribution in [0.2, 0.25) is 0 Å². The van der Waals surface area contributed by atoms with E-state index in [9.17, 15) is 13.2 Å². The van der Waals surface area contributed by atoms with E-state index >= 15 is 0 Å². The molecule has 0 aromatic carbocycles. The van der Waals surface area contributed by atoms with Crippen LogP contribution in [0.3, 0.4) is 0 Å². The van der Waals surface area contributed by atoms with E-state index in [0.717, 1.165) is 25.5 Å². The number of fused-ring (bicyclic) bond motifs is 1. The van der Waals surface area contributed by atoms with Gasteiger partial charge in [0.2, 0.25) is 5.95 Å². The van der Waals surface area contributed by atoms with Crippen molar-refractivity contribution >= 4 is 21.7 Å². The maximum Gasteiger partial charge on any atom is 0.271 e. The Bertz CT molecular complexity index is 585. The van der Waals surface area contributed by atoms with Gasteiger partial charge in [0.1, 0.15) is 15.5 Å². The van der Waals surface area contributed by atoms with E-state index in [2.05, 4.69) is 15.6 Å². The minimum absolute atomic E-state index is 0.0716. The zero-order valence-corrected chi connectivity index (χ0v) is 11.9. The summed E-state index contributed by atoms with van der Waals surface area (Å²) in [6.45, 7) is 1.74. The van der Waals surface area contributed by atoms with Crippen LogP contribution >= 0.6 is 0 Å². The highest BCUT2D eigenvalue weighted by Gasteiger charge is 2.26. The number of amides is 1. The van der Waals surface area contributed by atoms with Crippen LogP contribution < -0.4 is 10.6 Å². The summed E-state index contributed by atoms with van der Waals surface area (Å²) in [5, 5.41) is 6.02. The average Bonchev–Trinajstić information content (AvgIpc) is 2.85. The molecule has 3 rings (SSSR count). The van der Waals surface area contributed by atoms with Crippen LogP contribution in [-0.2, 0) is 16.4 Å². The van der Waals surface area contributed by atoms with Crippen molar-refractivity contribution in [2.24, 2.45) is 0 Å². The maximum atomic E-state index is 12.1. The van der Waals surface area contributed by atoms with Crippen molar-refractivity contribution in [3.63, 3.8) is 0 Å². The van der Waals surface area contributed by atoms with E-state index in [-0.39, 0.29) is 23.5 Å². The van der Waals surface area contributed by atoms with Gasteiger partial charge in [0, 0.05) is 25.3 Å². The molecule has 0 bridgehead atoms. The Morgan fingerprint density at radius 2 is 2.15 bits per heavy atom. The number of hydrogen-bond acceptors (Lipinski definition) is 5. The van der Waals surface area contributed by atoms with Gasteiger partial charge in [0.05, 0.1) is 11.5 Å². The number of anilines is 1. The molecule has 0 saturated carbocycles. The first-order chi connectivity index (χ1) is 9.53. The molecule has 0 aliphatic carbocycles. The number of aromatic nitrogens is 2. The Kier molecular flexibility index (Phi) is 3.41. The smallest absolute Gasteiger partial charge is 0.271 e. The molecule has 2 aliphatic heterocycles. The molecule has 1 aromatic heterocycles. The monoisotopic (exact) mass is 298 g/mol. The average molecular weight is 298 g/mol. The van der Waals surface area contributed by atoms with Crippen molar-refractivity contribution in [1.29, 1.82) is 0 Å². The van der Waals surface area contributed by atoms with E-state index in [1.807, 2.05) is 4.57 Å². The van der Waals surface area contributed by atoms with Crippen LogP contribution in [0.25, 0.3) is 0 Å². The first-order valence-electron chi connectivity index (χ1n) is 6.86. The van der Waals surface area contributed by atoms with Gasteiger partial charge in [-0.3, -0.25) is 4.79 Å². The Hall–Kier alpha value is -1.57. The van der Waals surface area contributed by atoms with E-state index in [1.54, 1.807) is 6.20 Å². The fourth-order valence-electron chi connectivity index (χ4n) is 2.58. The van der Waals surface area contributed by atoms with Gasteiger partial charge in [-0.15, -0.1) is 0 Å². The quantitative estimate of drug-likeness (QED) is 0.802. The maximum absolute atomic E-state index is 12.1. The largest absolute Gasteiger partial charge is 0.356 e. The van der Waals surface area contributed by atoms with Crippen molar-refractivity contribution < 1.29 is 13.2 Å².